The molecule has 0 aromatic heterocycles. The van der Waals surface area contributed by atoms with Crippen LogP contribution in [0.15, 0.2) is 0 Å². The summed E-state index contributed by atoms with van der Waals surface area (Å²) in [7, 11) is -0.399. The molecule has 68 valence electrons. The Kier molecular flexibility index (Phi) is 3.73. The molecule has 0 aromatic carbocycles. The number of rotatable bonds is 1. The maximum atomic E-state index is 3.44. The lowest BCUT2D eigenvalue weighted by atomic mass is 10.4. The lowest BCUT2D eigenvalue weighted by Crippen LogP contribution is -2.17. The van der Waals surface area contributed by atoms with E-state index >= 15 is 0 Å². The van der Waals surface area contributed by atoms with Gasteiger partial charge in [0.15, 0.2) is 5.75 Å². The Morgan fingerprint density at radius 1 is 1.17 bits per heavy atom. The fourth-order valence-electron chi connectivity index (χ4n) is 1.26. The largest absolute Gasteiger partial charge is 0.167 e. The maximum Gasteiger partial charge on any atom is 0.167 e. The maximum absolute atomic E-state index is 3.44. The summed E-state index contributed by atoms with van der Waals surface area (Å²) in [5, 5.41) is 0. The van der Waals surface area contributed by atoms with Gasteiger partial charge in [0.05, 0.1) is 0 Å². The van der Waals surface area contributed by atoms with Gasteiger partial charge >= 0.3 is 0 Å². The van der Waals surface area contributed by atoms with Crippen LogP contribution in [0.3, 0.4) is 0 Å². The Morgan fingerprint density at radius 2 is 1.75 bits per heavy atom. The molecule has 12 heavy (non-hydrogen) atoms. The lowest BCUT2D eigenvalue weighted by Gasteiger charge is -2.02. The van der Waals surface area contributed by atoms with E-state index in [4.69, 9.17) is 0 Å². The van der Waals surface area contributed by atoms with Crippen molar-refractivity contribution in [3.05, 3.63) is 0 Å². The van der Waals surface area contributed by atoms with Crippen molar-refractivity contribution in [2.45, 2.75) is 32.5 Å². The number of hydrogen-bond acceptors (Lipinski definition) is 0. The van der Waals surface area contributed by atoms with Gasteiger partial charge < -0.3 is 0 Å². The molecule has 0 saturated carbocycles. The Morgan fingerprint density at radius 3 is 2.25 bits per heavy atom. The molecular weight excluding hydrogens is 180 g/mol. The molecule has 0 unspecified atom stereocenters. The molecule has 0 amide bonds. The first-order valence-corrected chi connectivity index (χ1v) is 9.95. The highest BCUT2D eigenvalue weighted by molar-refractivity contribution is 7.97. The van der Waals surface area contributed by atoms with E-state index in [9.17, 15) is 0 Å². The molecule has 1 rings (SSSR count). The van der Waals surface area contributed by atoms with Gasteiger partial charge in [-0.25, -0.2) is 0 Å². The van der Waals surface area contributed by atoms with E-state index in [0.29, 0.717) is 10.9 Å². The van der Waals surface area contributed by atoms with Gasteiger partial charge in [-0.05, 0) is 23.7 Å². The van der Waals surface area contributed by atoms with Crippen LogP contribution in [-0.2, 0) is 10.9 Å². The predicted molar refractivity (Wildman–Crippen MR) is 62.3 cm³/mol. The highest BCUT2D eigenvalue weighted by atomic mass is 32.2. The Bertz CT molecular complexity index is 188. The van der Waals surface area contributed by atoms with Gasteiger partial charge in [0.1, 0.15) is 19.6 Å². The van der Waals surface area contributed by atoms with Crippen LogP contribution in [0.2, 0.25) is 19.6 Å². The molecule has 0 aliphatic carbocycles. The van der Waals surface area contributed by atoms with Crippen LogP contribution in [-0.4, -0.2) is 25.3 Å². The van der Waals surface area contributed by atoms with Crippen molar-refractivity contribution >= 4 is 19.0 Å². The standard InChI is InChI=1S/C10H19SSi/c1-12(2,3)10-6-9-11-7-4-5-8-11/h4-5,7-9H2,1-3H3/q+1. The first kappa shape index (κ1) is 10.2. The lowest BCUT2D eigenvalue weighted by molar-refractivity contribution is 0.949. The molecule has 2 heteroatoms. The molecule has 0 spiro atoms. The Hall–Kier alpha value is 0.127. The highest BCUT2D eigenvalue weighted by Crippen LogP contribution is 2.12. The second-order valence-electron chi connectivity index (χ2n) is 4.42. The minimum Gasteiger partial charge on any atom is -0.127 e. The van der Waals surface area contributed by atoms with Crippen LogP contribution in [0.25, 0.3) is 0 Å². The smallest absolute Gasteiger partial charge is 0.127 e. The summed E-state index contributed by atoms with van der Waals surface area (Å²) in [5.41, 5.74) is 3.44. The molecule has 0 aromatic rings. The Labute approximate surface area is 80.5 Å². The first-order valence-electron chi connectivity index (χ1n) is 4.72. The van der Waals surface area contributed by atoms with E-state index in [2.05, 4.69) is 31.1 Å². The zero-order valence-corrected chi connectivity index (χ0v) is 10.3. The van der Waals surface area contributed by atoms with Gasteiger partial charge in [-0.3, -0.25) is 0 Å². The minimum atomic E-state index is -1.09. The zero-order valence-electron chi connectivity index (χ0n) is 8.44. The average Bonchev–Trinajstić information content (AvgIpc) is 2.36. The zero-order chi connectivity index (χ0) is 9.03. The molecule has 1 aliphatic rings. The van der Waals surface area contributed by atoms with E-state index < -0.39 is 8.07 Å². The molecule has 1 heterocycles. The topological polar surface area (TPSA) is 0 Å². The second kappa shape index (κ2) is 4.39. The van der Waals surface area contributed by atoms with E-state index in [0.717, 1.165) is 0 Å². The first-order chi connectivity index (χ1) is 5.58. The summed E-state index contributed by atoms with van der Waals surface area (Å²) >= 11 is 0. The molecule has 0 bridgehead atoms. The van der Waals surface area contributed by atoms with Crippen molar-refractivity contribution in [3.8, 4) is 11.5 Å². The van der Waals surface area contributed by atoms with Crippen molar-refractivity contribution in [2.75, 3.05) is 17.3 Å². The van der Waals surface area contributed by atoms with Gasteiger partial charge in [-0.2, -0.15) is 0 Å². The van der Waals surface area contributed by atoms with Crippen molar-refractivity contribution in [3.63, 3.8) is 0 Å². The SMILES string of the molecule is C[Si](C)(C)C#CC[S+]1CCCC1. The van der Waals surface area contributed by atoms with Crippen LogP contribution in [0.4, 0.5) is 0 Å². The molecule has 0 N–H and O–H groups in total. The van der Waals surface area contributed by atoms with E-state index in [1.165, 1.54) is 30.1 Å². The highest BCUT2D eigenvalue weighted by Gasteiger charge is 2.22. The fraction of sp³-hybridized carbons (Fsp3) is 0.800. The summed E-state index contributed by atoms with van der Waals surface area (Å²) in [5.74, 6) is 7.51. The van der Waals surface area contributed by atoms with Crippen LogP contribution in [0, 0.1) is 11.5 Å². The summed E-state index contributed by atoms with van der Waals surface area (Å²) in [6.45, 7) is 6.95. The average molecular weight is 199 g/mol. The van der Waals surface area contributed by atoms with Crippen LogP contribution in [0.5, 0.6) is 0 Å². The third-order valence-electron chi connectivity index (χ3n) is 1.86. The molecule has 0 atom stereocenters. The van der Waals surface area contributed by atoms with E-state index in [-0.39, 0.29) is 0 Å². The summed E-state index contributed by atoms with van der Waals surface area (Å²) in [6.07, 6.45) is 2.91. The van der Waals surface area contributed by atoms with Crippen LogP contribution in [0.1, 0.15) is 12.8 Å². The molecule has 1 saturated heterocycles. The van der Waals surface area contributed by atoms with Crippen molar-refractivity contribution in [2.24, 2.45) is 0 Å². The van der Waals surface area contributed by atoms with Crippen molar-refractivity contribution in [1.82, 2.24) is 0 Å². The van der Waals surface area contributed by atoms with Crippen molar-refractivity contribution in [1.29, 1.82) is 0 Å². The molecule has 1 fully saturated rings. The Balaban J connectivity index is 2.26. The summed E-state index contributed by atoms with van der Waals surface area (Å²) in [6, 6.07) is 0. The third kappa shape index (κ3) is 4.23. The molecule has 0 radical (unpaired) electrons. The fourth-order valence-corrected chi connectivity index (χ4v) is 4.00. The predicted octanol–water partition coefficient (Wildman–Crippen LogP) is 2.28. The second-order valence-corrected chi connectivity index (χ2v) is 11.5. The van der Waals surface area contributed by atoms with Gasteiger partial charge in [-0.1, -0.05) is 25.6 Å². The van der Waals surface area contributed by atoms with Gasteiger partial charge in [0.2, 0.25) is 0 Å². The quantitative estimate of drug-likeness (QED) is 0.345. The van der Waals surface area contributed by atoms with Gasteiger partial charge in [0.25, 0.3) is 0 Å². The molecule has 0 nitrogen and oxygen atoms in total. The van der Waals surface area contributed by atoms with Crippen LogP contribution < -0.4 is 0 Å². The van der Waals surface area contributed by atoms with Gasteiger partial charge in [0, 0.05) is 0 Å². The van der Waals surface area contributed by atoms with E-state index in [1.807, 2.05) is 0 Å². The van der Waals surface area contributed by atoms with E-state index in [1.54, 1.807) is 0 Å². The molecular formula is C10H19SSi+. The third-order valence-corrected chi connectivity index (χ3v) is 5.07. The molecule has 1 aliphatic heterocycles. The van der Waals surface area contributed by atoms with Crippen LogP contribution >= 0.6 is 0 Å². The normalized spacial score (nSPS) is 18.9. The monoisotopic (exact) mass is 199 g/mol. The summed E-state index contributed by atoms with van der Waals surface area (Å²) in [4.78, 5) is 0. The van der Waals surface area contributed by atoms with Gasteiger partial charge in [-0.15, -0.1) is 5.54 Å². The summed E-state index contributed by atoms with van der Waals surface area (Å²) < 4.78 is 0. The number of hydrogen-bond donors (Lipinski definition) is 0. The minimum absolute atomic E-state index is 0.687. The van der Waals surface area contributed by atoms with Crippen molar-refractivity contribution < 1.29 is 0 Å².